The first-order chi connectivity index (χ1) is 13.3. The summed E-state index contributed by atoms with van der Waals surface area (Å²) in [4.78, 5) is 11.1. The zero-order chi connectivity index (χ0) is 18.5. The van der Waals surface area contributed by atoms with E-state index in [1.54, 1.807) is 7.11 Å². The zero-order valence-electron chi connectivity index (χ0n) is 15.4. The Kier molecular flexibility index (Phi) is 5.34. The van der Waals surface area contributed by atoms with Crippen molar-refractivity contribution in [3.05, 3.63) is 48.8 Å². The van der Waals surface area contributed by atoms with Crippen LogP contribution in [0.4, 0.5) is 0 Å². The zero-order valence-corrected chi connectivity index (χ0v) is 15.4. The summed E-state index contributed by atoms with van der Waals surface area (Å²) >= 11 is 0. The van der Waals surface area contributed by atoms with E-state index in [-0.39, 0.29) is 0 Å². The Morgan fingerprint density at radius 3 is 2.59 bits per heavy atom. The number of rotatable bonds is 7. The van der Waals surface area contributed by atoms with Crippen molar-refractivity contribution in [2.45, 2.75) is 12.8 Å². The summed E-state index contributed by atoms with van der Waals surface area (Å²) in [6.07, 6.45) is 4.06. The molecule has 0 amide bonds. The van der Waals surface area contributed by atoms with Gasteiger partial charge in [-0.2, -0.15) is 0 Å². The van der Waals surface area contributed by atoms with Gasteiger partial charge in [0.05, 0.1) is 18.0 Å². The molecular weight excluding hydrogens is 342 g/mol. The van der Waals surface area contributed by atoms with Crippen LogP contribution in [0, 0.1) is 0 Å². The number of nitrogens with zero attached hydrogens (tertiary/aromatic N) is 3. The monoisotopic (exact) mass is 365 g/mol. The van der Waals surface area contributed by atoms with Crippen LogP contribution in [-0.2, 0) is 0 Å². The van der Waals surface area contributed by atoms with Crippen LogP contribution in [0.2, 0.25) is 0 Å². The summed E-state index contributed by atoms with van der Waals surface area (Å²) in [5.41, 5.74) is 0.757. The van der Waals surface area contributed by atoms with Gasteiger partial charge in [0.15, 0.2) is 11.5 Å². The average Bonchev–Trinajstić information content (AvgIpc) is 3.22. The highest BCUT2D eigenvalue weighted by molar-refractivity contribution is 5.87. The number of para-hydroxylation sites is 1. The lowest BCUT2D eigenvalue weighted by Crippen LogP contribution is -2.25. The van der Waals surface area contributed by atoms with Gasteiger partial charge in [0, 0.05) is 12.6 Å². The van der Waals surface area contributed by atoms with E-state index in [1.165, 1.54) is 19.2 Å². The van der Waals surface area contributed by atoms with Crippen LogP contribution in [0.15, 0.2) is 48.8 Å². The van der Waals surface area contributed by atoms with Gasteiger partial charge in [-0.05, 0) is 44.1 Å². The molecule has 2 heterocycles. The molecule has 3 aromatic rings. The van der Waals surface area contributed by atoms with Gasteiger partial charge >= 0.3 is 0 Å². The fourth-order valence-corrected chi connectivity index (χ4v) is 3.29. The first kappa shape index (κ1) is 17.5. The predicted octanol–water partition coefficient (Wildman–Crippen LogP) is 3.91. The van der Waals surface area contributed by atoms with Crippen LogP contribution in [-0.4, -0.2) is 48.2 Å². The molecule has 0 saturated carbocycles. The van der Waals surface area contributed by atoms with Crippen molar-refractivity contribution < 1.29 is 14.2 Å². The van der Waals surface area contributed by atoms with Crippen LogP contribution in [0.5, 0.6) is 23.1 Å². The van der Waals surface area contributed by atoms with E-state index in [9.17, 15) is 0 Å². The van der Waals surface area contributed by atoms with Crippen molar-refractivity contribution in [2.24, 2.45) is 0 Å². The molecule has 1 aromatic heterocycles. The molecule has 0 unspecified atom stereocenters. The summed E-state index contributed by atoms with van der Waals surface area (Å²) in [5.74, 6) is 2.56. The standard InChI is InChI=1S/C21H23N3O3/c1-25-19-13-17-18(14-20(19)26-12-11-24-9-5-6-10-24)22-15-23-21(17)27-16-7-3-2-4-8-16/h2-4,7-8,13-15H,5-6,9-12H2,1H3. The molecule has 27 heavy (non-hydrogen) atoms. The van der Waals surface area contributed by atoms with Gasteiger partial charge in [0.25, 0.3) is 0 Å². The fraction of sp³-hybridized carbons (Fsp3) is 0.333. The first-order valence-corrected chi connectivity index (χ1v) is 9.24. The second kappa shape index (κ2) is 8.22. The molecule has 1 saturated heterocycles. The summed E-state index contributed by atoms with van der Waals surface area (Å²) in [7, 11) is 1.63. The molecular formula is C21H23N3O3. The SMILES string of the molecule is COc1cc2c(Oc3ccccc3)ncnc2cc1OCCN1CCCC1. The number of benzene rings is 2. The maximum atomic E-state index is 5.99. The summed E-state index contributed by atoms with van der Waals surface area (Å²) in [5, 5.41) is 0.782. The highest BCUT2D eigenvalue weighted by Gasteiger charge is 2.15. The van der Waals surface area contributed by atoms with Gasteiger partial charge in [0.1, 0.15) is 18.7 Å². The Balaban J connectivity index is 1.56. The maximum Gasteiger partial charge on any atom is 0.230 e. The van der Waals surface area contributed by atoms with Crippen molar-refractivity contribution >= 4 is 10.9 Å². The first-order valence-electron chi connectivity index (χ1n) is 9.24. The van der Waals surface area contributed by atoms with Crippen LogP contribution >= 0.6 is 0 Å². The molecule has 2 aromatic carbocycles. The Labute approximate surface area is 158 Å². The predicted molar refractivity (Wildman–Crippen MR) is 104 cm³/mol. The quantitative estimate of drug-likeness (QED) is 0.633. The number of ether oxygens (including phenoxy) is 3. The molecule has 1 aliphatic rings. The van der Waals surface area contributed by atoms with Gasteiger partial charge in [-0.1, -0.05) is 18.2 Å². The van der Waals surface area contributed by atoms with Crippen LogP contribution < -0.4 is 14.2 Å². The number of likely N-dealkylation sites (tertiary alicyclic amines) is 1. The average molecular weight is 365 g/mol. The number of aromatic nitrogens is 2. The second-order valence-electron chi connectivity index (χ2n) is 6.51. The third kappa shape index (κ3) is 4.11. The molecule has 1 aliphatic heterocycles. The molecule has 0 aliphatic carbocycles. The molecule has 0 spiro atoms. The normalized spacial score (nSPS) is 14.4. The maximum absolute atomic E-state index is 5.99. The molecule has 6 heteroatoms. The minimum Gasteiger partial charge on any atom is -0.493 e. The molecule has 0 atom stereocenters. The number of hydrogen-bond donors (Lipinski definition) is 0. The minimum atomic E-state index is 0.494. The van der Waals surface area contributed by atoms with E-state index in [2.05, 4.69) is 14.9 Å². The lowest BCUT2D eigenvalue weighted by Gasteiger charge is -2.17. The van der Waals surface area contributed by atoms with Gasteiger partial charge in [-0.15, -0.1) is 0 Å². The number of fused-ring (bicyclic) bond motifs is 1. The van der Waals surface area contributed by atoms with E-state index in [0.29, 0.717) is 24.0 Å². The topological polar surface area (TPSA) is 56.7 Å². The molecule has 140 valence electrons. The van der Waals surface area contributed by atoms with Crippen molar-refractivity contribution in [1.29, 1.82) is 0 Å². The molecule has 6 nitrogen and oxygen atoms in total. The van der Waals surface area contributed by atoms with Crippen LogP contribution in [0.3, 0.4) is 0 Å². The van der Waals surface area contributed by atoms with E-state index in [0.717, 1.165) is 36.3 Å². The Morgan fingerprint density at radius 2 is 1.81 bits per heavy atom. The highest BCUT2D eigenvalue weighted by atomic mass is 16.5. The highest BCUT2D eigenvalue weighted by Crippen LogP contribution is 2.35. The van der Waals surface area contributed by atoms with E-state index >= 15 is 0 Å². The van der Waals surface area contributed by atoms with E-state index in [4.69, 9.17) is 14.2 Å². The summed E-state index contributed by atoms with van der Waals surface area (Å²) in [6, 6.07) is 13.3. The fourth-order valence-electron chi connectivity index (χ4n) is 3.29. The molecule has 0 radical (unpaired) electrons. The number of methoxy groups -OCH3 is 1. The molecule has 0 bridgehead atoms. The third-order valence-corrected chi connectivity index (χ3v) is 4.71. The second-order valence-corrected chi connectivity index (χ2v) is 6.51. The number of hydrogen-bond acceptors (Lipinski definition) is 6. The van der Waals surface area contributed by atoms with Gasteiger partial charge in [-0.25, -0.2) is 9.97 Å². The molecule has 4 rings (SSSR count). The van der Waals surface area contributed by atoms with Crippen molar-refractivity contribution in [2.75, 3.05) is 33.4 Å². The smallest absolute Gasteiger partial charge is 0.230 e. The van der Waals surface area contributed by atoms with Crippen molar-refractivity contribution in [3.8, 4) is 23.1 Å². The minimum absolute atomic E-state index is 0.494. The largest absolute Gasteiger partial charge is 0.493 e. The van der Waals surface area contributed by atoms with Gasteiger partial charge in [0.2, 0.25) is 5.88 Å². The Bertz CT molecular complexity index is 896. The van der Waals surface area contributed by atoms with Gasteiger partial charge < -0.3 is 14.2 Å². The van der Waals surface area contributed by atoms with Crippen molar-refractivity contribution in [3.63, 3.8) is 0 Å². The Morgan fingerprint density at radius 1 is 1.00 bits per heavy atom. The molecule has 0 N–H and O–H groups in total. The Hall–Kier alpha value is -2.86. The lowest BCUT2D eigenvalue weighted by molar-refractivity contribution is 0.230. The van der Waals surface area contributed by atoms with Crippen LogP contribution in [0.1, 0.15) is 12.8 Å². The lowest BCUT2D eigenvalue weighted by atomic mass is 10.2. The van der Waals surface area contributed by atoms with Crippen molar-refractivity contribution in [1.82, 2.24) is 14.9 Å². The van der Waals surface area contributed by atoms with Gasteiger partial charge in [-0.3, -0.25) is 4.90 Å². The molecule has 1 fully saturated rings. The van der Waals surface area contributed by atoms with E-state index in [1.807, 2.05) is 42.5 Å². The summed E-state index contributed by atoms with van der Waals surface area (Å²) < 4.78 is 17.4. The van der Waals surface area contributed by atoms with Crippen LogP contribution in [0.25, 0.3) is 10.9 Å². The van der Waals surface area contributed by atoms with E-state index < -0.39 is 0 Å². The summed E-state index contributed by atoms with van der Waals surface area (Å²) in [6.45, 7) is 3.87. The third-order valence-electron chi connectivity index (χ3n) is 4.71.